The van der Waals surface area contributed by atoms with Gasteiger partial charge in [0.05, 0.1) is 11.9 Å². The zero-order valence-electron chi connectivity index (χ0n) is 10.1. The van der Waals surface area contributed by atoms with Gasteiger partial charge in [-0.25, -0.2) is 0 Å². The summed E-state index contributed by atoms with van der Waals surface area (Å²) in [5, 5.41) is 0. The van der Waals surface area contributed by atoms with Crippen molar-refractivity contribution in [2.75, 3.05) is 18.6 Å². The Hall–Kier alpha value is -1.03. The maximum atomic E-state index is 12.1. The minimum atomic E-state index is -0.0437. The number of carbonyl (C=O) groups is 1. The smallest absolute Gasteiger partial charge is 0.240 e. The number of methoxy groups -OCH3 is 1. The molecule has 0 aromatic heterocycles. The Bertz CT molecular complexity index is 433. The number of amides is 1. The van der Waals surface area contributed by atoms with E-state index in [1.807, 2.05) is 30.0 Å². The molecule has 0 radical (unpaired) electrons. The molecule has 1 saturated heterocycles. The molecule has 92 valence electrons. The number of alkyl halides is 1. The minimum Gasteiger partial charge on any atom is -0.497 e. The van der Waals surface area contributed by atoms with Gasteiger partial charge in [-0.1, -0.05) is 15.9 Å². The average Bonchev–Trinajstić information content (AvgIpc) is 2.33. The molecule has 0 spiro atoms. The van der Waals surface area contributed by atoms with Crippen LogP contribution < -0.4 is 9.64 Å². The molecule has 1 fully saturated rings. The first-order valence-electron chi connectivity index (χ1n) is 5.73. The molecule has 0 aliphatic carbocycles. The Kier molecular flexibility index (Phi) is 3.72. The number of nitrogens with zero attached hydrogens (tertiary/aromatic N) is 1. The zero-order valence-corrected chi connectivity index (χ0v) is 11.7. The van der Waals surface area contributed by atoms with Crippen molar-refractivity contribution in [1.29, 1.82) is 0 Å². The Balaban J connectivity index is 2.30. The van der Waals surface area contributed by atoms with Crippen LogP contribution in [-0.4, -0.2) is 24.4 Å². The lowest BCUT2D eigenvalue weighted by molar-refractivity contribution is -0.118. The van der Waals surface area contributed by atoms with Crippen molar-refractivity contribution in [1.82, 2.24) is 0 Å². The standard InChI is InChI=1S/C13H16BrNO2/c1-9-8-10(17-2)5-6-12(9)15-7-3-4-11(14)13(15)16/h5-6,8,11H,3-4,7H2,1-2H3. The van der Waals surface area contributed by atoms with E-state index in [9.17, 15) is 4.79 Å². The lowest BCUT2D eigenvalue weighted by atomic mass is 10.1. The molecule has 0 bridgehead atoms. The number of carbonyl (C=O) groups excluding carboxylic acids is 1. The van der Waals surface area contributed by atoms with Crippen LogP contribution in [0, 0.1) is 6.92 Å². The Morgan fingerprint density at radius 2 is 2.24 bits per heavy atom. The van der Waals surface area contributed by atoms with E-state index >= 15 is 0 Å². The summed E-state index contributed by atoms with van der Waals surface area (Å²) in [5.41, 5.74) is 2.05. The van der Waals surface area contributed by atoms with Crippen molar-refractivity contribution in [3.05, 3.63) is 23.8 Å². The molecule has 17 heavy (non-hydrogen) atoms. The Morgan fingerprint density at radius 1 is 1.47 bits per heavy atom. The number of piperidine rings is 1. The summed E-state index contributed by atoms with van der Waals surface area (Å²) < 4.78 is 5.17. The van der Waals surface area contributed by atoms with E-state index in [0.717, 1.165) is 36.4 Å². The summed E-state index contributed by atoms with van der Waals surface area (Å²) in [5.74, 6) is 0.982. The van der Waals surface area contributed by atoms with Crippen LogP contribution in [0.5, 0.6) is 5.75 Å². The van der Waals surface area contributed by atoms with Crippen LogP contribution in [0.3, 0.4) is 0 Å². The van der Waals surface area contributed by atoms with Crippen molar-refractivity contribution >= 4 is 27.5 Å². The van der Waals surface area contributed by atoms with Gasteiger partial charge >= 0.3 is 0 Å². The van der Waals surface area contributed by atoms with Gasteiger partial charge in [-0.15, -0.1) is 0 Å². The van der Waals surface area contributed by atoms with Crippen molar-refractivity contribution in [3.8, 4) is 5.75 Å². The van der Waals surface area contributed by atoms with Crippen LogP contribution in [0.15, 0.2) is 18.2 Å². The maximum Gasteiger partial charge on any atom is 0.240 e. The van der Waals surface area contributed by atoms with E-state index < -0.39 is 0 Å². The Morgan fingerprint density at radius 3 is 2.88 bits per heavy atom. The van der Waals surface area contributed by atoms with E-state index in [-0.39, 0.29) is 10.7 Å². The highest BCUT2D eigenvalue weighted by Gasteiger charge is 2.28. The topological polar surface area (TPSA) is 29.5 Å². The third-order valence-corrected chi connectivity index (χ3v) is 3.92. The normalized spacial score (nSPS) is 20.5. The van der Waals surface area contributed by atoms with Crippen molar-refractivity contribution in [3.63, 3.8) is 0 Å². The third-order valence-electron chi connectivity index (χ3n) is 3.07. The van der Waals surface area contributed by atoms with Crippen LogP contribution in [0.1, 0.15) is 18.4 Å². The quantitative estimate of drug-likeness (QED) is 0.786. The van der Waals surface area contributed by atoms with Gasteiger partial charge in [0.1, 0.15) is 5.75 Å². The number of hydrogen-bond acceptors (Lipinski definition) is 2. The van der Waals surface area contributed by atoms with Crippen LogP contribution >= 0.6 is 15.9 Å². The monoisotopic (exact) mass is 297 g/mol. The van der Waals surface area contributed by atoms with Gasteiger partial charge < -0.3 is 9.64 Å². The van der Waals surface area contributed by atoms with E-state index in [0.29, 0.717) is 0 Å². The van der Waals surface area contributed by atoms with E-state index in [4.69, 9.17) is 4.74 Å². The fourth-order valence-electron chi connectivity index (χ4n) is 2.13. The molecular weight excluding hydrogens is 282 g/mol. The highest BCUT2D eigenvalue weighted by Crippen LogP contribution is 2.29. The Labute approximate surface area is 110 Å². The molecule has 1 aromatic rings. The van der Waals surface area contributed by atoms with Crippen molar-refractivity contribution in [2.45, 2.75) is 24.6 Å². The second-order valence-corrected chi connectivity index (χ2v) is 5.36. The molecule has 1 unspecified atom stereocenters. The summed E-state index contributed by atoms with van der Waals surface area (Å²) in [6.07, 6.45) is 1.96. The molecule has 3 nitrogen and oxygen atoms in total. The molecule has 1 aliphatic heterocycles. The van der Waals surface area contributed by atoms with Gasteiger partial charge in [0.2, 0.25) is 5.91 Å². The maximum absolute atomic E-state index is 12.1. The summed E-state index contributed by atoms with van der Waals surface area (Å²) in [6, 6.07) is 5.81. The average molecular weight is 298 g/mol. The molecule has 1 aliphatic rings. The van der Waals surface area contributed by atoms with Gasteiger partial charge in [-0.2, -0.15) is 0 Å². The number of anilines is 1. The second kappa shape index (κ2) is 5.08. The first-order chi connectivity index (χ1) is 8.13. The third kappa shape index (κ3) is 2.46. The summed E-state index contributed by atoms with van der Waals surface area (Å²) in [6.45, 7) is 2.80. The number of aryl methyl sites for hydroxylation is 1. The summed E-state index contributed by atoms with van der Waals surface area (Å²) in [7, 11) is 1.65. The van der Waals surface area contributed by atoms with Crippen LogP contribution in [0.25, 0.3) is 0 Å². The SMILES string of the molecule is COc1ccc(N2CCCC(Br)C2=O)c(C)c1. The molecule has 0 N–H and O–H groups in total. The molecule has 0 saturated carbocycles. The summed E-state index contributed by atoms with van der Waals surface area (Å²) >= 11 is 3.43. The number of hydrogen-bond donors (Lipinski definition) is 0. The van der Waals surface area contributed by atoms with Gasteiger partial charge in [-0.05, 0) is 43.5 Å². The number of benzene rings is 1. The number of halogens is 1. The molecule has 1 amide bonds. The first-order valence-corrected chi connectivity index (χ1v) is 6.65. The predicted molar refractivity (Wildman–Crippen MR) is 72.0 cm³/mol. The molecule has 1 heterocycles. The molecule has 2 rings (SSSR count). The van der Waals surface area contributed by atoms with E-state index in [1.165, 1.54) is 0 Å². The summed E-state index contributed by atoms with van der Waals surface area (Å²) in [4.78, 5) is 13.9. The lowest BCUT2D eigenvalue weighted by Crippen LogP contribution is -2.42. The minimum absolute atomic E-state index is 0.0437. The van der Waals surface area contributed by atoms with Crippen LogP contribution in [0.4, 0.5) is 5.69 Å². The second-order valence-electron chi connectivity index (χ2n) is 4.25. The fourth-order valence-corrected chi connectivity index (χ4v) is 2.70. The number of ether oxygens (including phenoxy) is 1. The molecule has 1 atom stereocenters. The molecule has 4 heteroatoms. The lowest BCUT2D eigenvalue weighted by Gasteiger charge is -2.31. The van der Waals surface area contributed by atoms with E-state index in [2.05, 4.69) is 15.9 Å². The van der Waals surface area contributed by atoms with Crippen LogP contribution in [0.2, 0.25) is 0 Å². The van der Waals surface area contributed by atoms with Crippen LogP contribution in [-0.2, 0) is 4.79 Å². The van der Waals surface area contributed by atoms with Gasteiger partial charge in [0, 0.05) is 12.2 Å². The zero-order chi connectivity index (χ0) is 12.4. The van der Waals surface area contributed by atoms with Gasteiger partial charge in [0.15, 0.2) is 0 Å². The molecule has 1 aromatic carbocycles. The highest BCUT2D eigenvalue weighted by molar-refractivity contribution is 9.10. The van der Waals surface area contributed by atoms with Crippen molar-refractivity contribution in [2.24, 2.45) is 0 Å². The first kappa shape index (κ1) is 12.4. The molecular formula is C13H16BrNO2. The predicted octanol–water partition coefficient (Wildman–Crippen LogP) is 2.89. The van der Waals surface area contributed by atoms with E-state index in [1.54, 1.807) is 7.11 Å². The highest BCUT2D eigenvalue weighted by atomic mass is 79.9. The van der Waals surface area contributed by atoms with Gasteiger partial charge in [-0.3, -0.25) is 4.79 Å². The van der Waals surface area contributed by atoms with Gasteiger partial charge in [0.25, 0.3) is 0 Å². The fraction of sp³-hybridized carbons (Fsp3) is 0.462. The largest absolute Gasteiger partial charge is 0.497 e. The van der Waals surface area contributed by atoms with Crippen molar-refractivity contribution < 1.29 is 9.53 Å². The number of rotatable bonds is 2.